The van der Waals surface area contributed by atoms with Crippen molar-refractivity contribution in [1.82, 2.24) is 35.0 Å². The fourth-order valence-electron chi connectivity index (χ4n) is 7.83. The molecule has 6 aromatic rings. The Morgan fingerprint density at radius 3 is 2.41 bits per heavy atom. The van der Waals surface area contributed by atoms with E-state index in [0.29, 0.717) is 37.3 Å². The van der Waals surface area contributed by atoms with E-state index in [-0.39, 0.29) is 42.0 Å². The van der Waals surface area contributed by atoms with Crippen molar-refractivity contribution in [1.29, 1.82) is 0 Å². The number of aromatic amines is 1. The van der Waals surface area contributed by atoms with Crippen molar-refractivity contribution >= 4 is 34.4 Å². The molecular formula is C45H49FN8O4. The normalized spacial score (nSPS) is 15.9. The van der Waals surface area contributed by atoms with Gasteiger partial charge in [-0.3, -0.25) is 19.3 Å². The maximum atomic E-state index is 15.5. The number of oxazole rings is 1. The highest BCUT2D eigenvalue weighted by molar-refractivity contribution is 5.96. The Morgan fingerprint density at radius 1 is 0.966 bits per heavy atom. The minimum Gasteiger partial charge on any atom is -0.436 e. The summed E-state index contributed by atoms with van der Waals surface area (Å²) < 4.78 is 21.6. The summed E-state index contributed by atoms with van der Waals surface area (Å²) in [6.07, 6.45) is 4.23. The molecule has 13 heteroatoms. The molecule has 1 aliphatic heterocycles. The number of nitrogens with zero attached hydrogens (tertiary/aromatic N) is 5. The van der Waals surface area contributed by atoms with Gasteiger partial charge in [-0.15, -0.1) is 0 Å². The van der Waals surface area contributed by atoms with Crippen LogP contribution in [0.25, 0.3) is 33.8 Å². The van der Waals surface area contributed by atoms with E-state index in [9.17, 15) is 14.4 Å². The number of aromatic nitrogens is 3. The lowest BCUT2D eigenvalue weighted by molar-refractivity contribution is -0.139. The first-order valence-electron chi connectivity index (χ1n) is 19.7. The first kappa shape index (κ1) is 40.0. The fraction of sp³-hybridized carbons (Fsp3) is 0.311. The summed E-state index contributed by atoms with van der Waals surface area (Å²) in [4.78, 5) is 58.6. The van der Waals surface area contributed by atoms with Crippen LogP contribution in [0.4, 0.5) is 10.1 Å². The molecule has 0 aliphatic carbocycles. The molecule has 300 valence electrons. The molecule has 0 radical (unpaired) electrons. The van der Waals surface area contributed by atoms with Gasteiger partial charge in [0.2, 0.25) is 23.6 Å². The topological polar surface area (TPSA) is 140 Å². The molecule has 1 saturated heterocycles. The van der Waals surface area contributed by atoms with Crippen LogP contribution in [0.2, 0.25) is 0 Å². The first-order chi connectivity index (χ1) is 28.1. The van der Waals surface area contributed by atoms with Crippen LogP contribution in [0.1, 0.15) is 55.2 Å². The second-order valence-electron chi connectivity index (χ2n) is 14.9. The maximum absolute atomic E-state index is 15.5. The van der Waals surface area contributed by atoms with Crippen molar-refractivity contribution < 1.29 is 23.2 Å². The molecule has 3 heterocycles. The van der Waals surface area contributed by atoms with E-state index in [1.54, 1.807) is 12.3 Å². The standard InChI is InChI=1S/C45H49FN8O4/c1-5-22-53(45(57)42(52(3)4)30-14-10-7-11-15-30)28-40(55)49-35-19-17-32(24-34(35)46)44-48-27-39(58-44)31-16-20-36-37(25-31)51-43(50-36)38-21-18-33(26-47-2)54(38)41(56)23-29-12-8-6-9-13-29/h6-17,19-20,24-25,27,33,38,42,47H,5,18,21-23,26,28H2,1-4H3,(H,49,55)(H,50,51)/t33?,38-,42?/m0/s1. The Hall–Kier alpha value is -6.18. The van der Waals surface area contributed by atoms with E-state index in [0.717, 1.165) is 46.4 Å². The quantitative estimate of drug-likeness (QED) is 0.101. The molecule has 0 saturated carbocycles. The van der Waals surface area contributed by atoms with Crippen LogP contribution in [0.15, 0.2) is 108 Å². The van der Waals surface area contributed by atoms with Crippen LogP contribution in [-0.2, 0) is 20.8 Å². The number of carbonyl (C=O) groups is 3. The molecule has 0 bridgehead atoms. The number of likely N-dealkylation sites (N-methyl/N-ethyl adjacent to an activating group) is 2. The molecule has 1 fully saturated rings. The number of rotatable bonds is 15. The van der Waals surface area contributed by atoms with E-state index in [2.05, 4.69) is 20.6 Å². The lowest BCUT2D eigenvalue weighted by Crippen LogP contribution is -2.44. The number of carbonyl (C=O) groups excluding carboxylic acids is 3. The number of likely N-dealkylation sites (tertiary alicyclic amines) is 1. The van der Waals surface area contributed by atoms with Crippen molar-refractivity contribution in [3.8, 4) is 22.8 Å². The Balaban J connectivity index is 1.03. The summed E-state index contributed by atoms with van der Waals surface area (Å²) in [6.45, 7) is 2.78. The second kappa shape index (κ2) is 18.0. The first-order valence-corrected chi connectivity index (χ1v) is 19.7. The zero-order valence-electron chi connectivity index (χ0n) is 33.2. The summed E-state index contributed by atoms with van der Waals surface area (Å²) >= 11 is 0. The summed E-state index contributed by atoms with van der Waals surface area (Å²) in [6, 6.07) is 28.6. The third kappa shape index (κ3) is 8.85. The van der Waals surface area contributed by atoms with Crippen LogP contribution in [-0.4, -0.2) is 94.2 Å². The minimum absolute atomic E-state index is 0.0166. The van der Waals surface area contributed by atoms with Crippen LogP contribution < -0.4 is 10.6 Å². The van der Waals surface area contributed by atoms with Gasteiger partial charge in [-0.2, -0.15) is 0 Å². The van der Waals surface area contributed by atoms with Gasteiger partial charge in [-0.05, 0) is 87.9 Å². The van der Waals surface area contributed by atoms with Crippen LogP contribution in [0.5, 0.6) is 0 Å². The van der Waals surface area contributed by atoms with E-state index in [1.165, 1.54) is 17.0 Å². The minimum atomic E-state index is -0.666. The largest absolute Gasteiger partial charge is 0.436 e. The average molecular weight is 785 g/mol. The van der Waals surface area contributed by atoms with Gasteiger partial charge in [0.25, 0.3) is 0 Å². The van der Waals surface area contributed by atoms with E-state index >= 15 is 4.39 Å². The monoisotopic (exact) mass is 784 g/mol. The van der Waals surface area contributed by atoms with Gasteiger partial charge in [-0.1, -0.05) is 67.6 Å². The smallest absolute Gasteiger partial charge is 0.244 e. The van der Waals surface area contributed by atoms with Gasteiger partial charge in [0.1, 0.15) is 17.7 Å². The molecule has 12 nitrogen and oxygen atoms in total. The summed E-state index contributed by atoms with van der Waals surface area (Å²) in [7, 11) is 5.55. The van der Waals surface area contributed by atoms with Crippen molar-refractivity contribution in [2.24, 2.45) is 0 Å². The number of H-pyrrole nitrogens is 1. The zero-order valence-corrected chi connectivity index (χ0v) is 33.2. The van der Waals surface area contributed by atoms with Crippen molar-refractivity contribution in [3.63, 3.8) is 0 Å². The summed E-state index contributed by atoms with van der Waals surface area (Å²) in [5, 5.41) is 5.87. The number of hydrogen-bond acceptors (Lipinski definition) is 8. The number of halogens is 1. The molecule has 4 aromatic carbocycles. The third-order valence-electron chi connectivity index (χ3n) is 10.5. The second-order valence-corrected chi connectivity index (χ2v) is 14.9. The van der Waals surface area contributed by atoms with Gasteiger partial charge in [0.05, 0.1) is 41.9 Å². The molecule has 3 atom stereocenters. The number of fused-ring (bicyclic) bond motifs is 1. The molecule has 1 aliphatic rings. The molecule has 3 amide bonds. The molecule has 0 spiro atoms. The summed E-state index contributed by atoms with van der Waals surface area (Å²) in [5.74, 6) is 0.115. The molecule has 7 rings (SSSR count). The zero-order chi connectivity index (χ0) is 40.8. The fourth-order valence-corrected chi connectivity index (χ4v) is 7.83. The number of amides is 3. The van der Waals surface area contributed by atoms with Crippen LogP contribution in [0, 0.1) is 5.82 Å². The van der Waals surface area contributed by atoms with Crippen molar-refractivity contribution in [2.45, 2.75) is 50.7 Å². The van der Waals surface area contributed by atoms with Crippen molar-refractivity contribution in [3.05, 3.63) is 126 Å². The number of nitrogens with one attached hydrogen (secondary N) is 3. The van der Waals surface area contributed by atoms with Crippen LogP contribution >= 0.6 is 0 Å². The van der Waals surface area contributed by atoms with E-state index in [4.69, 9.17) is 9.40 Å². The highest BCUT2D eigenvalue weighted by Gasteiger charge is 2.39. The number of anilines is 1. The lowest BCUT2D eigenvalue weighted by Gasteiger charge is -2.30. The van der Waals surface area contributed by atoms with Crippen molar-refractivity contribution in [2.75, 3.05) is 46.1 Å². The molecular weight excluding hydrogens is 736 g/mol. The average Bonchev–Trinajstić information content (AvgIpc) is 3.98. The number of benzene rings is 4. The SMILES string of the molecule is CCCN(CC(=O)Nc1ccc(-c2ncc(-c3ccc4nc([C@@H]5CCC(CNC)N5C(=O)Cc5ccccc5)[nH]c4c3)o2)cc1F)C(=O)C(c1ccccc1)N(C)C. The summed E-state index contributed by atoms with van der Waals surface area (Å²) in [5.41, 5.74) is 4.48. The van der Waals surface area contributed by atoms with E-state index < -0.39 is 17.8 Å². The Kier molecular flexibility index (Phi) is 12.4. The van der Waals surface area contributed by atoms with Gasteiger partial charge in [0.15, 0.2) is 5.76 Å². The molecule has 2 aromatic heterocycles. The van der Waals surface area contributed by atoms with Crippen LogP contribution in [0.3, 0.4) is 0 Å². The third-order valence-corrected chi connectivity index (χ3v) is 10.5. The van der Waals surface area contributed by atoms with Gasteiger partial charge in [0, 0.05) is 30.3 Å². The van der Waals surface area contributed by atoms with Gasteiger partial charge >= 0.3 is 0 Å². The number of imidazole rings is 1. The highest BCUT2D eigenvalue weighted by atomic mass is 19.1. The maximum Gasteiger partial charge on any atom is 0.244 e. The molecule has 3 N–H and O–H groups in total. The van der Waals surface area contributed by atoms with E-state index in [1.807, 2.05) is 117 Å². The van der Waals surface area contributed by atoms with Gasteiger partial charge in [-0.25, -0.2) is 14.4 Å². The number of hydrogen-bond donors (Lipinski definition) is 3. The lowest BCUT2D eigenvalue weighted by atomic mass is 10.0. The Bertz CT molecular complexity index is 2360. The Morgan fingerprint density at radius 2 is 1.71 bits per heavy atom. The highest BCUT2D eigenvalue weighted by Crippen LogP contribution is 2.37. The Labute approximate surface area is 337 Å². The predicted octanol–water partition coefficient (Wildman–Crippen LogP) is 7.00. The molecule has 58 heavy (non-hydrogen) atoms. The predicted molar refractivity (Wildman–Crippen MR) is 222 cm³/mol. The van der Waals surface area contributed by atoms with Gasteiger partial charge < -0.3 is 29.8 Å². The molecule has 2 unspecified atom stereocenters.